The number of aliphatic hydroxyl groups excluding tert-OH is 1. The Labute approximate surface area is 171 Å². The van der Waals surface area contributed by atoms with Crippen LogP contribution in [0, 0.1) is 10.8 Å². The standard InChI is InChI=1S/C20H41NO6S/c1-16(2,20(9,10)15(23)24)13-18(5,6)27-12-11-17(3,4)21-28(25,26)19(7,8)14-22/h21-22H,11-14H2,1-10H3,(H,23,24). The highest BCUT2D eigenvalue weighted by Gasteiger charge is 2.46. The minimum absolute atomic E-state index is 0.311. The minimum Gasteiger partial charge on any atom is -0.481 e. The third-order valence-corrected chi connectivity index (χ3v) is 8.24. The van der Waals surface area contributed by atoms with Crippen molar-refractivity contribution in [3.8, 4) is 0 Å². The Bertz CT molecular complexity index is 648. The van der Waals surface area contributed by atoms with E-state index in [0.717, 1.165) is 0 Å². The van der Waals surface area contributed by atoms with Crippen molar-refractivity contribution in [3.05, 3.63) is 0 Å². The second-order valence-corrected chi connectivity index (χ2v) is 13.1. The zero-order valence-corrected chi connectivity index (χ0v) is 20.1. The number of carbonyl (C=O) groups is 1. The van der Waals surface area contributed by atoms with Gasteiger partial charge in [-0.3, -0.25) is 4.79 Å². The summed E-state index contributed by atoms with van der Waals surface area (Å²) in [5.74, 6) is -0.852. The van der Waals surface area contributed by atoms with Gasteiger partial charge in [0.1, 0.15) is 4.75 Å². The van der Waals surface area contributed by atoms with Gasteiger partial charge in [-0.05, 0) is 73.6 Å². The SMILES string of the molecule is CC(C)(CCOC(C)(C)CC(C)(C)C(C)(C)C(=O)O)NS(=O)(=O)C(C)(C)CO. The van der Waals surface area contributed by atoms with Crippen LogP contribution in [0.15, 0.2) is 0 Å². The first kappa shape index (κ1) is 27.3. The molecule has 0 unspecified atom stereocenters. The molecule has 0 radical (unpaired) electrons. The van der Waals surface area contributed by atoms with Crippen molar-refractivity contribution < 1.29 is 28.2 Å². The first-order chi connectivity index (χ1) is 12.1. The summed E-state index contributed by atoms with van der Waals surface area (Å²) in [6, 6.07) is 0. The molecule has 0 aliphatic carbocycles. The lowest BCUT2D eigenvalue weighted by molar-refractivity contribution is -0.157. The van der Waals surface area contributed by atoms with Crippen LogP contribution >= 0.6 is 0 Å². The van der Waals surface area contributed by atoms with E-state index in [1.807, 2.05) is 27.7 Å². The van der Waals surface area contributed by atoms with Crippen molar-refractivity contribution in [2.75, 3.05) is 13.2 Å². The van der Waals surface area contributed by atoms with Gasteiger partial charge in [0.15, 0.2) is 0 Å². The molecule has 0 aromatic heterocycles. The lowest BCUT2D eigenvalue weighted by Gasteiger charge is -2.43. The van der Waals surface area contributed by atoms with E-state index in [0.29, 0.717) is 19.4 Å². The van der Waals surface area contributed by atoms with Crippen molar-refractivity contribution in [1.82, 2.24) is 4.72 Å². The van der Waals surface area contributed by atoms with E-state index in [1.165, 1.54) is 13.8 Å². The number of ether oxygens (including phenoxy) is 1. The molecule has 8 heteroatoms. The summed E-state index contributed by atoms with van der Waals surface area (Å²) in [5.41, 5.74) is -2.75. The van der Waals surface area contributed by atoms with Crippen LogP contribution in [0.4, 0.5) is 0 Å². The quantitative estimate of drug-likeness (QED) is 0.444. The zero-order valence-electron chi connectivity index (χ0n) is 19.3. The molecular formula is C20H41NO6S. The molecule has 3 N–H and O–H groups in total. The van der Waals surface area contributed by atoms with Crippen LogP contribution in [0.2, 0.25) is 0 Å². The Kier molecular flexibility index (Phi) is 8.36. The molecule has 0 aromatic rings. The second kappa shape index (κ2) is 8.58. The summed E-state index contributed by atoms with van der Waals surface area (Å²) in [6.45, 7) is 17.4. The van der Waals surface area contributed by atoms with Gasteiger partial charge < -0.3 is 14.9 Å². The van der Waals surface area contributed by atoms with Gasteiger partial charge in [0.2, 0.25) is 10.0 Å². The summed E-state index contributed by atoms with van der Waals surface area (Å²) in [4.78, 5) is 11.6. The lowest BCUT2D eigenvalue weighted by atomic mass is 9.63. The third-order valence-electron chi connectivity index (χ3n) is 5.83. The Morgan fingerprint density at radius 1 is 0.964 bits per heavy atom. The number of rotatable bonds is 12. The van der Waals surface area contributed by atoms with Gasteiger partial charge in [-0.2, -0.15) is 0 Å². The smallest absolute Gasteiger partial charge is 0.309 e. The number of aliphatic carboxylic acids is 1. The van der Waals surface area contributed by atoms with Crippen LogP contribution in [0.25, 0.3) is 0 Å². The average molecular weight is 424 g/mol. The summed E-state index contributed by atoms with van der Waals surface area (Å²) in [7, 11) is -3.71. The molecule has 0 aliphatic heterocycles. The molecule has 0 bridgehead atoms. The van der Waals surface area contributed by atoms with Crippen LogP contribution in [0.5, 0.6) is 0 Å². The van der Waals surface area contributed by atoms with Crippen molar-refractivity contribution >= 4 is 16.0 Å². The van der Waals surface area contributed by atoms with E-state index in [4.69, 9.17) is 4.74 Å². The average Bonchev–Trinajstić information content (AvgIpc) is 2.43. The monoisotopic (exact) mass is 423 g/mol. The maximum absolute atomic E-state index is 12.5. The van der Waals surface area contributed by atoms with Crippen LogP contribution < -0.4 is 4.72 Å². The Hall–Kier alpha value is -0.700. The molecule has 0 atom stereocenters. The summed E-state index contributed by atoms with van der Waals surface area (Å²) < 4.78 is 32.3. The summed E-state index contributed by atoms with van der Waals surface area (Å²) in [5, 5.41) is 18.9. The summed E-state index contributed by atoms with van der Waals surface area (Å²) >= 11 is 0. The highest BCUT2D eigenvalue weighted by molar-refractivity contribution is 7.90. The Balaban J connectivity index is 5.00. The Morgan fingerprint density at radius 2 is 1.43 bits per heavy atom. The lowest BCUT2D eigenvalue weighted by Crippen LogP contribution is -2.53. The predicted octanol–water partition coefficient (Wildman–Crippen LogP) is 3.17. The van der Waals surface area contributed by atoms with E-state index >= 15 is 0 Å². The van der Waals surface area contributed by atoms with Crippen molar-refractivity contribution in [2.24, 2.45) is 10.8 Å². The first-order valence-electron chi connectivity index (χ1n) is 9.64. The van der Waals surface area contributed by atoms with Crippen molar-refractivity contribution in [3.63, 3.8) is 0 Å². The van der Waals surface area contributed by atoms with Crippen LogP contribution in [-0.2, 0) is 19.6 Å². The molecule has 0 amide bonds. The van der Waals surface area contributed by atoms with E-state index in [2.05, 4.69) is 4.72 Å². The normalized spacial score (nSPS) is 15.0. The van der Waals surface area contributed by atoms with Gasteiger partial charge in [-0.15, -0.1) is 0 Å². The largest absolute Gasteiger partial charge is 0.481 e. The number of hydrogen-bond donors (Lipinski definition) is 3. The third kappa shape index (κ3) is 6.97. The van der Waals surface area contributed by atoms with Crippen LogP contribution in [-0.4, -0.2) is 53.7 Å². The zero-order chi connectivity index (χ0) is 22.8. The molecule has 0 fully saturated rings. The fourth-order valence-electron chi connectivity index (χ4n) is 2.85. The molecule has 0 heterocycles. The van der Waals surface area contributed by atoms with E-state index < -0.39 is 49.3 Å². The van der Waals surface area contributed by atoms with Gasteiger partial charge in [-0.1, -0.05) is 13.8 Å². The molecule has 0 saturated carbocycles. The van der Waals surface area contributed by atoms with Gasteiger partial charge >= 0.3 is 5.97 Å². The number of aliphatic hydroxyl groups is 1. The molecule has 168 valence electrons. The molecular weight excluding hydrogens is 382 g/mol. The molecule has 0 aromatic carbocycles. The van der Waals surface area contributed by atoms with Gasteiger partial charge in [0, 0.05) is 12.1 Å². The minimum atomic E-state index is -3.71. The number of sulfonamides is 1. The maximum atomic E-state index is 12.5. The van der Waals surface area contributed by atoms with Crippen molar-refractivity contribution in [1.29, 1.82) is 0 Å². The van der Waals surface area contributed by atoms with Crippen LogP contribution in [0.3, 0.4) is 0 Å². The number of carboxylic acid groups (broad SMARTS) is 1. The molecule has 0 aliphatic rings. The number of nitrogens with one attached hydrogen (secondary N) is 1. The summed E-state index contributed by atoms with van der Waals surface area (Å²) in [6.07, 6.45) is 0.961. The topological polar surface area (TPSA) is 113 Å². The fraction of sp³-hybridized carbons (Fsp3) is 0.950. The van der Waals surface area contributed by atoms with Gasteiger partial charge in [-0.25, -0.2) is 13.1 Å². The second-order valence-electron chi connectivity index (χ2n) is 10.8. The van der Waals surface area contributed by atoms with E-state index in [1.54, 1.807) is 27.7 Å². The first-order valence-corrected chi connectivity index (χ1v) is 11.1. The van der Waals surface area contributed by atoms with Gasteiger partial charge in [0.25, 0.3) is 0 Å². The molecule has 0 rings (SSSR count). The van der Waals surface area contributed by atoms with Crippen LogP contribution in [0.1, 0.15) is 82.1 Å². The number of hydrogen-bond acceptors (Lipinski definition) is 5. The fourth-order valence-corrected chi connectivity index (χ4v) is 4.12. The van der Waals surface area contributed by atoms with E-state index in [9.17, 15) is 23.4 Å². The molecule has 7 nitrogen and oxygen atoms in total. The molecule has 28 heavy (non-hydrogen) atoms. The highest BCUT2D eigenvalue weighted by Crippen LogP contribution is 2.45. The highest BCUT2D eigenvalue weighted by atomic mass is 32.2. The van der Waals surface area contributed by atoms with Crippen molar-refractivity contribution in [2.45, 2.75) is 98.0 Å². The molecule has 0 spiro atoms. The van der Waals surface area contributed by atoms with Gasteiger partial charge in [0.05, 0.1) is 17.6 Å². The molecule has 0 saturated heterocycles. The Morgan fingerprint density at radius 3 is 1.82 bits per heavy atom. The van der Waals surface area contributed by atoms with E-state index in [-0.39, 0.29) is 0 Å². The maximum Gasteiger partial charge on any atom is 0.309 e. The number of carboxylic acids is 1. The predicted molar refractivity (Wildman–Crippen MR) is 112 cm³/mol.